The third kappa shape index (κ3) is 1.22. The van der Waals surface area contributed by atoms with E-state index in [0.29, 0.717) is 0 Å². The van der Waals surface area contributed by atoms with E-state index >= 15 is 0 Å². The molecule has 1 aliphatic rings. The van der Waals surface area contributed by atoms with Gasteiger partial charge in [-0.3, -0.25) is 0 Å². The van der Waals surface area contributed by atoms with Gasteiger partial charge >= 0.3 is 0 Å². The highest BCUT2D eigenvalue weighted by Gasteiger charge is 2.31. The van der Waals surface area contributed by atoms with Gasteiger partial charge in [0.15, 0.2) is 0 Å². The molecule has 0 aromatic rings. The maximum Gasteiger partial charge on any atom is 0.0796 e. The normalized spacial score (nSPS) is 40.1. The predicted octanol–water partition coefficient (Wildman–Crippen LogP) is 0.696. The minimum atomic E-state index is -0.466. The van der Waals surface area contributed by atoms with Crippen LogP contribution >= 0.6 is 0 Å². The van der Waals surface area contributed by atoms with Gasteiger partial charge in [0, 0.05) is 5.41 Å². The van der Waals surface area contributed by atoms with Crippen molar-refractivity contribution in [2.75, 3.05) is 6.61 Å². The van der Waals surface area contributed by atoms with Crippen LogP contribution in [0.5, 0.6) is 0 Å². The Kier molecular flexibility index (Phi) is 2.11. The second-order valence-corrected chi connectivity index (χ2v) is 3.22. The first-order chi connectivity index (χ1) is 4.69. The van der Waals surface area contributed by atoms with Crippen molar-refractivity contribution in [1.82, 2.24) is 0 Å². The molecule has 0 amide bonds. The van der Waals surface area contributed by atoms with Crippen LogP contribution < -0.4 is 0 Å². The van der Waals surface area contributed by atoms with Crippen LogP contribution in [0, 0.1) is 5.41 Å². The van der Waals surface area contributed by atoms with E-state index in [9.17, 15) is 5.11 Å². The Morgan fingerprint density at radius 1 is 1.70 bits per heavy atom. The molecule has 10 heavy (non-hydrogen) atoms. The van der Waals surface area contributed by atoms with Crippen molar-refractivity contribution in [3.05, 3.63) is 12.2 Å². The first kappa shape index (κ1) is 7.76. The van der Waals surface area contributed by atoms with Gasteiger partial charge in [0.05, 0.1) is 12.7 Å². The highest BCUT2D eigenvalue weighted by molar-refractivity contribution is 5.03. The summed E-state index contributed by atoms with van der Waals surface area (Å²) in [6, 6.07) is 0. The van der Waals surface area contributed by atoms with Gasteiger partial charge in [-0.05, 0) is 12.8 Å². The summed E-state index contributed by atoms with van der Waals surface area (Å²) in [5.41, 5.74) is -0.297. The lowest BCUT2D eigenvalue weighted by Crippen LogP contribution is -2.36. The smallest absolute Gasteiger partial charge is 0.0796 e. The van der Waals surface area contributed by atoms with Crippen LogP contribution in [0.4, 0.5) is 0 Å². The Morgan fingerprint density at radius 3 is 2.80 bits per heavy atom. The second kappa shape index (κ2) is 2.72. The lowest BCUT2D eigenvalue weighted by Gasteiger charge is -2.33. The Bertz CT molecular complexity index is 142. The van der Waals surface area contributed by atoms with E-state index in [1.54, 1.807) is 6.08 Å². The van der Waals surface area contributed by atoms with Gasteiger partial charge in [0.25, 0.3) is 0 Å². The Morgan fingerprint density at radius 2 is 2.40 bits per heavy atom. The fourth-order valence-electron chi connectivity index (χ4n) is 1.19. The molecule has 58 valence electrons. The van der Waals surface area contributed by atoms with Crippen LogP contribution in [0.15, 0.2) is 12.2 Å². The fourth-order valence-corrected chi connectivity index (χ4v) is 1.19. The molecule has 0 spiro atoms. The number of hydrogen-bond donors (Lipinski definition) is 2. The zero-order valence-electron chi connectivity index (χ0n) is 6.25. The molecule has 0 heterocycles. The summed E-state index contributed by atoms with van der Waals surface area (Å²) in [4.78, 5) is 0. The van der Waals surface area contributed by atoms with Crippen molar-refractivity contribution in [1.29, 1.82) is 0 Å². The third-order valence-corrected chi connectivity index (χ3v) is 2.28. The van der Waals surface area contributed by atoms with E-state index < -0.39 is 6.10 Å². The molecule has 1 aliphatic carbocycles. The van der Waals surface area contributed by atoms with E-state index in [2.05, 4.69) is 0 Å². The summed E-state index contributed by atoms with van der Waals surface area (Å²) in [6.07, 6.45) is 5.10. The molecule has 0 aromatic carbocycles. The Hall–Kier alpha value is -0.340. The molecule has 1 unspecified atom stereocenters. The van der Waals surface area contributed by atoms with Crippen molar-refractivity contribution in [2.45, 2.75) is 25.9 Å². The molecule has 0 fully saturated rings. The number of hydrogen-bond acceptors (Lipinski definition) is 2. The SMILES string of the molecule is C[C@@]1(CO)CCC=CC1O. The first-order valence-electron chi connectivity index (χ1n) is 3.65. The van der Waals surface area contributed by atoms with Gasteiger partial charge in [0.1, 0.15) is 0 Å². The topological polar surface area (TPSA) is 40.5 Å². The van der Waals surface area contributed by atoms with Crippen LogP contribution in [0.25, 0.3) is 0 Å². The van der Waals surface area contributed by atoms with Crippen LogP contribution in [-0.4, -0.2) is 22.9 Å². The molecular weight excluding hydrogens is 128 g/mol. The summed E-state index contributed by atoms with van der Waals surface area (Å²) in [5.74, 6) is 0. The Balaban J connectivity index is 2.67. The van der Waals surface area contributed by atoms with Crippen LogP contribution in [0.2, 0.25) is 0 Å². The van der Waals surface area contributed by atoms with E-state index in [1.807, 2.05) is 13.0 Å². The summed E-state index contributed by atoms with van der Waals surface area (Å²) < 4.78 is 0. The molecule has 0 saturated carbocycles. The average Bonchev–Trinajstić information content (AvgIpc) is 1.96. The van der Waals surface area contributed by atoms with E-state index in [4.69, 9.17) is 5.11 Å². The molecule has 0 radical (unpaired) electrons. The molecule has 0 bridgehead atoms. The molecule has 2 atom stereocenters. The average molecular weight is 142 g/mol. The van der Waals surface area contributed by atoms with Crippen molar-refractivity contribution in [3.8, 4) is 0 Å². The minimum Gasteiger partial charge on any atom is -0.396 e. The maximum atomic E-state index is 9.38. The van der Waals surface area contributed by atoms with Crippen LogP contribution in [0.3, 0.4) is 0 Å². The fraction of sp³-hybridized carbons (Fsp3) is 0.750. The van der Waals surface area contributed by atoms with Gasteiger partial charge in [-0.2, -0.15) is 0 Å². The molecule has 1 rings (SSSR count). The van der Waals surface area contributed by atoms with Gasteiger partial charge < -0.3 is 10.2 Å². The molecule has 0 aliphatic heterocycles. The minimum absolute atomic E-state index is 0.0680. The molecule has 2 nitrogen and oxygen atoms in total. The van der Waals surface area contributed by atoms with Crippen LogP contribution in [-0.2, 0) is 0 Å². The zero-order chi connectivity index (χ0) is 7.61. The van der Waals surface area contributed by atoms with E-state index in [0.717, 1.165) is 12.8 Å². The van der Waals surface area contributed by atoms with Crippen molar-refractivity contribution >= 4 is 0 Å². The quantitative estimate of drug-likeness (QED) is 0.529. The third-order valence-electron chi connectivity index (χ3n) is 2.28. The van der Waals surface area contributed by atoms with Crippen LogP contribution in [0.1, 0.15) is 19.8 Å². The highest BCUT2D eigenvalue weighted by atomic mass is 16.3. The first-order valence-corrected chi connectivity index (χ1v) is 3.65. The predicted molar refractivity (Wildman–Crippen MR) is 39.6 cm³/mol. The molecular formula is C8H14O2. The number of aliphatic hydroxyl groups excluding tert-OH is 2. The molecule has 0 aromatic heterocycles. The maximum absolute atomic E-state index is 9.38. The van der Waals surface area contributed by atoms with Crippen molar-refractivity contribution in [3.63, 3.8) is 0 Å². The highest BCUT2D eigenvalue weighted by Crippen LogP contribution is 2.31. The van der Waals surface area contributed by atoms with E-state index in [-0.39, 0.29) is 12.0 Å². The van der Waals surface area contributed by atoms with Gasteiger partial charge in [0.2, 0.25) is 0 Å². The number of aliphatic hydroxyl groups is 2. The zero-order valence-corrected chi connectivity index (χ0v) is 6.25. The number of rotatable bonds is 1. The lowest BCUT2D eigenvalue weighted by molar-refractivity contribution is 0.0132. The van der Waals surface area contributed by atoms with Gasteiger partial charge in [-0.25, -0.2) is 0 Å². The van der Waals surface area contributed by atoms with Gasteiger partial charge in [-0.15, -0.1) is 0 Å². The summed E-state index contributed by atoms with van der Waals surface area (Å²) in [6.45, 7) is 1.97. The summed E-state index contributed by atoms with van der Waals surface area (Å²) in [7, 11) is 0. The van der Waals surface area contributed by atoms with Gasteiger partial charge in [-0.1, -0.05) is 19.1 Å². The monoisotopic (exact) mass is 142 g/mol. The van der Waals surface area contributed by atoms with E-state index in [1.165, 1.54) is 0 Å². The largest absolute Gasteiger partial charge is 0.396 e. The van der Waals surface area contributed by atoms with Crippen molar-refractivity contribution in [2.24, 2.45) is 5.41 Å². The molecule has 2 heteroatoms. The van der Waals surface area contributed by atoms with Crippen molar-refractivity contribution < 1.29 is 10.2 Å². The summed E-state index contributed by atoms with van der Waals surface area (Å²) in [5, 5.41) is 18.3. The Labute approximate surface area is 61.2 Å². The molecule has 2 N–H and O–H groups in total. The second-order valence-electron chi connectivity index (χ2n) is 3.22. The lowest BCUT2D eigenvalue weighted by atomic mass is 9.77. The standard InChI is InChI=1S/C8H14O2/c1-8(6-9)5-3-2-4-7(8)10/h2,4,7,9-10H,3,5-6H2,1H3/t7?,8-/m0/s1. The summed E-state index contributed by atoms with van der Waals surface area (Å²) >= 11 is 0. The molecule has 0 saturated heterocycles. The number of allylic oxidation sites excluding steroid dienone is 1.